The third-order valence-electron chi connectivity index (χ3n) is 3.30. The molecule has 0 spiro atoms. The van der Waals surface area contributed by atoms with E-state index in [9.17, 15) is 14.7 Å². The lowest BCUT2D eigenvalue weighted by Gasteiger charge is -2.07. The van der Waals surface area contributed by atoms with E-state index in [4.69, 9.17) is 5.73 Å². The van der Waals surface area contributed by atoms with Crippen LogP contribution in [0.2, 0.25) is 0 Å². The lowest BCUT2D eigenvalue weighted by Crippen LogP contribution is -1.99. The minimum atomic E-state index is -0.115. The number of carbonyl (C=O) groups excluding carboxylic acids is 2. The molecule has 0 fully saturated rings. The van der Waals surface area contributed by atoms with Gasteiger partial charge in [-0.1, -0.05) is 0 Å². The Balaban J connectivity index is 1.92. The van der Waals surface area contributed by atoms with Crippen molar-refractivity contribution < 1.29 is 14.7 Å². The molecule has 3 N–H and O–H groups in total. The zero-order valence-corrected chi connectivity index (χ0v) is 12.5. The summed E-state index contributed by atoms with van der Waals surface area (Å²) < 4.78 is 0. The van der Waals surface area contributed by atoms with Crippen molar-refractivity contribution in [1.82, 2.24) is 0 Å². The SMILES string of the molecule is Nc1cc(N=C2C=CC(=O)C=C2)c(O)cc1N=C1C=CC(=O)C=C1. The number of hydrogen-bond acceptors (Lipinski definition) is 6. The van der Waals surface area contributed by atoms with Crippen LogP contribution >= 0.6 is 0 Å². The highest BCUT2D eigenvalue weighted by Crippen LogP contribution is 2.36. The van der Waals surface area contributed by atoms with Gasteiger partial charge in [0.05, 0.1) is 22.8 Å². The molecule has 0 heterocycles. The maximum atomic E-state index is 11.1. The molecule has 0 saturated carbocycles. The van der Waals surface area contributed by atoms with Gasteiger partial charge in [0.2, 0.25) is 0 Å². The van der Waals surface area contributed by atoms with Gasteiger partial charge in [0.15, 0.2) is 11.6 Å². The molecule has 0 unspecified atom stereocenters. The van der Waals surface area contributed by atoms with Crippen molar-refractivity contribution in [2.45, 2.75) is 0 Å². The summed E-state index contributed by atoms with van der Waals surface area (Å²) in [5.74, 6) is -0.312. The summed E-state index contributed by atoms with van der Waals surface area (Å²) in [5, 5.41) is 10.1. The number of carbonyl (C=O) groups is 2. The van der Waals surface area contributed by atoms with Gasteiger partial charge in [-0.2, -0.15) is 0 Å². The number of nitrogens with zero attached hydrogens (tertiary/aromatic N) is 2. The average Bonchev–Trinajstić information content (AvgIpc) is 2.56. The molecule has 118 valence electrons. The van der Waals surface area contributed by atoms with Gasteiger partial charge in [-0.15, -0.1) is 0 Å². The molecule has 2 aliphatic carbocycles. The number of hydrogen-bond donors (Lipinski definition) is 2. The number of anilines is 1. The predicted octanol–water partition coefficient (Wildman–Crippen LogP) is 2.51. The zero-order chi connectivity index (χ0) is 17.1. The minimum absolute atomic E-state index is 0.0883. The quantitative estimate of drug-likeness (QED) is 0.496. The molecule has 0 bridgehead atoms. The lowest BCUT2D eigenvalue weighted by atomic mass is 10.1. The summed E-state index contributed by atoms with van der Waals surface area (Å²) in [6.07, 6.45) is 11.8. The molecule has 0 atom stereocenters. The maximum absolute atomic E-state index is 11.1. The third-order valence-corrected chi connectivity index (χ3v) is 3.30. The van der Waals surface area contributed by atoms with Crippen molar-refractivity contribution in [3.05, 3.63) is 60.7 Å². The zero-order valence-electron chi connectivity index (χ0n) is 12.5. The molecule has 0 amide bonds. The Morgan fingerprint density at radius 2 is 1.17 bits per heavy atom. The number of benzene rings is 1. The molecule has 2 aliphatic rings. The Hall–Kier alpha value is -3.54. The molecule has 1 aromatic rings. The summed E-state index contributed by atoms with van der Waals surface area (Å²) in [5.41, 5.74) is 8.03. The van der Waals surface area contributed by atoms with E-state index in [1.54, 1.807) is 24.3 Å². The number of ketones is 2. The number of phenolic OH excluding ortho intramolecular Hbond substituents is 1. The number of nitrogen functional groups attached to an aromatic ring is 1. The van der Waals surface area contributed by atoms with E-state index in [0.29, 0.717) is 22.8 Å². The first-order valence-corrected chi connectivity index (χ1v) is 7.11. The van der Waals surface area contributed by atoms with E-state index < -0.39 is 0 Å². The summed E-state index contributed by atoms with van der Waals surface area (Å²) in [7, 11) is 0. The smallest absolute Gasteiger partial charge is 0.178 e. The van der Waals surface area contributed by atoms with Gasteiger partial charge in [-0.25, -0.2) is 9.98 Å². The van der Waals surface area contributed by atoms with Gasteiger partial charge in [0.25, 0.3) is 0 Å². The summed E-state index contributed by atoms with van der Waals surface area (Å²) in [6.45, 7) is 0. The highest BCUT2D eigenvalue weighted by atomic mass is 16.3. The fourth-order valence-corrected chi connectivity index (χ4v) is 2.09. The third kappa shape index (κ3) is 3.44. The van der Waals surface area contributed by atoms with Crippen LogP contribution in [0.3, 0.4) is 0 Å². The molecule has 0 saturated heterocycles. The van der Waals surface area contributed by atoms with Crippen LogP contribution in [0.25, 0.3) is 0 Å². The molecule has 6 heteroatoms. The molecule has 24 heavy (non-hydrogen) atoms. The maximum Gasteiger partial charge on any atom is 0.178 e. The number of nitrogens with two attached hydrogens (primary N) is 1. The van der Waals surface area contributed by atoms with Gasteiger partial charge < -0.3 is 10.8 Å². The highest BCUT2D eigenvalue weighted by Gasteiger charge is 2.09. The fourth-order valence-electron chi connectivity index (χ4n) is 2.09. The van der Waals surface area contributed by atoms with Crippen molar-refractivity contribution in [1.29, 1.82) is 0 Å². The first kappa shape index (κ1) is 15.4. The minimum Gasteiger partial charge on any atom is -0.506 e. The molecule has 1 aromatic carbocycles. The summed E-state index contributed by atoms with van der Waals surface area (Å²) in [4.78, 5) is 30.7. The molecule has 6 nitrogen and oxygen atoms in total. The summed E-state index contributed by atoms with van der Waals surface area (Å²) in [6, 6.07) is 2.91. The van der Waals surface area contributed by atoms with Gasteiger partial charge in [0.1, 0.15) is 11.4 Å². The van der Waals surface area contributed by atoms with E-state index in [0.717, 1.165) is 0 Å². The molecule has 0 aromatic heterocycles. The largest absolute Gasteiger partial charge is 0.506 e. The number of rotatable bonds is 2. The van der Waals surface area contributed by atoms with Gasteiger partial charge in [0, 0.05) is 6.07 Å². The fraction of sp³-hybridized carbons (Fsp3) is 0. The number of phenols is 1. The van der Waals surface area contributed by atoms with Crippen LogP contribution < -0.4 is 5.73 Å². The second-order valence-corrected chi connectivity index (χ2v) is 5.11. The van der Waals surface area contributed by atoms with Crippen LogP contribution in [0.1, 0.15) is 0 Å². The predicted molar refractivity (Wildman–Crippen MR) is 93.3 cm³/mol. The molecule has 3 rings (SSSR count). The first-order valence-electron chi connectivity index (χ1n) is 7.11. The Morgan fingerprint density at radius 3 is 1.67 bits per heavy atom. The number of aromatic hydroxyl groups is 1. The van der Waals surface area contributed by atoms with E-state index in [1.165, 1.54) is 36.4 Å². The molecular weight excluding hydrogens is 306 g/mol. The standard InChI is InChI=1S/C18H13N3O3/c19-15-9-17(21-12-3-7-14(23)8-4-12)18(24)10-16(15)20-11-1-5-13(22)6-2-11/h1-10,24H,19H2. The average molecular weight is 319 g/mol. The second-order valence-electron chi connectivity index (χ2n) is 5.11. The second kappa shape index (κ2) is 6.29. The lowest BCUT2D eigenvalue weighted by molar-refractivity contribution is -0.111. The Labute approximate surface area is 137 Å². The number of aliphatic imine (C=N–C) groups is 2. The van der Waals surface area contributed by atoms with Crippen LogP contribution in [-0.2, 0) is 9.59 Å². The molecular formula is C18H13N3O3. The number of allylic oxidation sites excluding steroid dienone is 8. The topological polar surface area (TPSA) is 105 Å². The van der Waals surface area contributed by atoms with Crippen molar-refractivity contribution in [2.24, 2.45) is 9.98 Å². The van der Waals surface area contributed by atoms with E-state index in [1.807, 2.05) is 0 Å². The summed E-state index contributed by atoms with van der Waals surface area (Å²) >= 11 is 0. The van der Waals surface area contributed by atoms with E-state index in [2.05, 4.69) is 9.98 Å². The Morgan fingerprint density at radius 1 is 0.708 bits per heavy atom. The molecule has 0 radical (unpaired) electrons. The monoisotopic (exact) mass is 319 g/mol. The van der Waals surface area contributed by atoms with Crippen molar-refractivity contribution >= 4 is 40.1 Å². The normalized spacial score (nSPS) is 16.0. The van der Waals surface area contributed by atoms with Crippen molar-refractivity contribution in [3.8, 4) is 5.75 Å². The molecule has 0 aliphatic heterocycles. The van der Waals surface area contributed by atoms with Crippen LogP contribution in [0.15, 0.2) is 70.7 Å². The first-order chi connectivity index (χ1) is 11.5. The van der Waals surface area contributed by atoms with Crippen LogP contribution in [-0.4, -0.2) is 28.1 Å². The van der Waals surface area contributed by atoms with Crippen molar-refractivity contribution in [3.63, 3.8) is 0 Å². The van der Waals surface area contributed by atoms with Crippen LogP contribution in [0.5, 0.6) is 5.75 Å². The highest BCUT2D eigenvalue weighted by molar-refractivity contribution is 6.18. The van der Waals surface area contributed by atoms with Crippen LogP contribution in [0.4, 0.5) is 17.1 Å². The van der Waals surface area contributed by atoms with Gasteiger partial charge in [-0.05, 0) is 54.7 Å². The van der Waals surface area contributed by atoms with Gasteiger partial charge in [-0.3, -0.25) is 9.59 Å². The van der Waals surface area contributed by atoms with E-state index in [-0.39, 0.29) is 23.0 Å². The van der Waals surface area contributed by atoms with Gasteiger partial charge >= 0.3 is 0 Å². The van der Waals surface area contributed by atoms with E-state index >= 15 is 0 Å². The van der Waals surface area contributed by atoms with Crippen molar-refractivity contribution in [2.75, 3.05) is 5.73 Å². The Kier molecular flexibility index (Phi) is 4.03. The Bertz CT molecular complexity index is 804. The van der Waals surface area contributed by atoms with Crippen LogP contribution in [0, 0.1) is 0 Å².